The van der Waals surface area contributed by atoms with Gasteiger partial charge in [-0.15, -0.1) is 0 Å². The maximum atomic E-state index is 12.0. The highest BCUT2D eigenvalue weighted by molar-refractivity contribution is 5.96. The first-order valence-corrected chi connectivity index (χ1v) is 5.93. The zero-order valence-electron chi connectivity index (χ0n) is 11.2. The molecule has 18 heavy (non-hydrogen) atoms. The number of nitrogens with one attached hydrogen (secondary N) is 1. The van der Waals surface area contributed by atoms with Crippen LogP contribution in [0.1, 0.15) is 35.3 Å². The largest absolute Gasteiger partial charge is 0.507 e. The number of amides is 1. The molecule has 1 amide bonds. The topological polar surface area (TPSA) is 66.4 Å². The first-order chi connectivity index (χ1) is 8.36. The lowest BCUT2D eigenvalue weighted by atomic mass is 10.0. The Bertz CT molecular complexity index is 443. The Balaban J connectivity index is 2.94. The van der Waals surface area contributed by atoms with Gasteiger partial charge in [-0.2, -0.15) is 0 Å². The molecule has 0 bridgehead atoms. The summed E-state index contributed by atoms with van der Waals surface area (Å²) in [7, 11) is 0. The van der Waals surface area contributed by atoms with Crippen LogP contribution in [0.25, 0.3) is 0 Å². The zero-order chi connectivity index (χ0) is 13.9. The molecule has 1 unspecified atom stereocenters. The summed E-state index contributed by atoms with van der Waals surface area (Å²) in [6.45, 7) is 7.21. The number of carbonyl (C=O) groups is 2. The Morgan fingerprint density at radius 3 is 2.17 bits per heavy atom. The Labute approximate surface area is 107 Å². The van der Waals surface area contributed by atoms with Crippen LogP contribution in [0.2, 0.25) is 0 Å². The van der Waals surface area contributed by atoms with E-state index in [2.05, 4.69) is 5.32 Å². The lowest BCUT2D eigenvalue weighted by Crippen LogP contribution is -2.39. The van der Waals surface area contributed by atoms with E-state index in [4.69, 9.17) is 0 Å². The number of phenolic OH excluding ortho intramolecular Hbond substituents is 1. The monoisotopic (exact) mass is 249 g/mol. The van der Waals surface area contributed by atoms with Crippen LogP contribution in [-0.4, -0.2) is 23.3 Å². The van der Waals surface area contributed by atoms with Crippen molar-refractivity contribution in [2.45, 2.75) is 33.7 Å². The van der Waals surface area contributed by atoms with E-state index in [0.29, 0.717) is 16.7 Å². The van der Waals surface area contributed by atoms with E-state index in [0.717, 1.165) is 6.29 Å². The highest BCUT2D eigenvalue weighted by atomic mass is 16.3. The third-order valence-electron chi connectivity index (χ3n) is 2.92. The number of rotatable bonds is 4. The van der Waals surface area contributed by atoms with Crippen LogP contribution in [0.5, 0.6) is 5.75 Å². The average molecular weight is 249 g/mol. The fourth-order valence-corrected chi connectivity index (χ4v) is 1.68. The summed E-state index contributed by atoms with van der Waals surface area (Å²) < 4.78 is 0. The van der Waals surface area contributed by atoms with Gasteiger partial charge in [-0.3, -0.25) is 4.79 Å². The highest BCUT2D eigenvalue weighted by Crippen LogP contribution is 2.22. The highest BCUT2D eigenvalue weighted by Gasteiger charge is 2.17. The van der Waals surface area contributed by atoms with Crippen molar-refractivity contribution in [2.24, 2.45) is 5.92 Å². The zero-order valence-corrected chi connectivity index (χ0v) is 11.2. The minimum absolute atomic E-state index is 0.0470. The number of aldehydes is 1. The summed E-state index contributed by atoms with van der Waals surface area (Å²) >= 11 is 0. The van der Waals surface area contributed by atoms with Crippen LogP contribution in [0.4, 0.5) is 0 Å². The molecule has 1 rings (SSSR count). The molecular weight excluding hydrogens is 230 g/mol. The summed E-state index contributed by atoms with van der Waals surface area (Å²) in [5, 5.41) is 12.3. The fourth-order valence-electron chi connectivity index (χ4n) is 1.68. The summed E-state index contributed by atoms with van der Waals surface area (Å²) in [5.41, 5.74) is 1.75. The van der Waals surface area contributed by atoms with Crippen LogP contribution < -0.4 is 5.32 Å². The number of aryl methyl sites for hydroxylation is 2. The summed E-state index contributed by atoms with van der Waals surface area (Å²) in [4.78, 5) is 22.8. The van der Waals surface area contributed by atoms with Crippen LogP contribution in [0, 0.1) is 19.8 Å². The van der Waals surface area contributed by atoms with Crippen molar-refractivity contribution in [3.63, 3.8) is 0 Å². The smallest absolute Gasteiger partial charge is 0.251 e. The van der Waals surface area contributed by atoms with E-state index in [9.17, 15) is 14.7 Å². The van der Waals surface area contributed by atoms with Gasteiger partial charge in [0.25, 0.3) is 5.91 Å². The lowest BCUT2D eigenvalue weighted by molar-refractivity contribution is -0.110. The van der Waals surface area contributed by atoms with Gasteiger partial charge in [-0.1, -0.05) is 13.8 Å². The lowest BCUT2D eigenvalue weighted by Gasteiger charge is -2.16. The molecule has 1 atom stereocenters. The fraction of sp³-hybridized carbons (Fsp3) is 0.429. The molecule has 1 aromatic rings. The minimum atomic E-state index is -0.494. The van der Waals surface area contributed by atoms with Crippen molar-refractivity contribution < 1.29 is 14.7 Å². The van der Waals surface area contributed by atoms with Gasteiger partial charge in [-0.05, 0) is 43.0 Å². The number of hydrogen-bond acceptors (Lipinski definition) is 3. The van der Waals surface area contributed by atoms with Crippen LogP contribution >= 0.6 is 0 Å². The molecule has 4 nitrogen and oxygen atoms in total. The van der Waals surface area contributed by atoms with Crippen molar-refractivity contribution in [1.29, 1.82) is 0 Å². The predicted octanol–water partition coefficient (Wildman–Crippen LogP) is 1.96. The van der Waals surface area contributed by atoms with E-state index >= 15 is 0 Å². The number of phenols is 1. The van der Waals surface area contributed by atoms with Crippen LogP contribution in [-0.2, 0) is 4.79 Å². The first-order valence-electron chi connectivity index (χ1n) is 5.93. The summed E-state index contributed by atoms with van der Waals surface area (Å²) in [5.74, 6) is -0.0555. The number of hydrogen-bond donors (Lipinski definition) is 2. The van der Waals surface area contributed by atoms with Crippen LogP contribution in [0.3, 0.4) is 0 Å². The van der Waals surface area contributed by atoms with Crippen molar-refractivity contribution >= 4 is 12.2 Å². The third-order valence-corrected chi connectivity index (χ3v) is 2.92. The summed E-state index contributed by atoms with van der Waals surface area (Å²) in [6, 6.07) is 2.73. The number of carbonyl (C=O) groups excluding carboxylic acids is 2. The molecule has 0 aliphatic carbocycles. The molecule has 0 aliphatic heterocycles. The van der Waals surface area contributed by atoms with Crippen molar-refractivity contribution in [1.82, 2.24) is 5.32 Å². The molecule has 0 saturated carbocycles. The van der Waals surface area contributed by atoms with Gasteiger partial charge in [0.1, 0.15) is 12.0 Å². The second-order valence-electron chi connectivity index (χ2n) is 4.84. The van der Waals surface area contributed by atoms with Gasteiger partial charge in [0, 0.05) is 5.56 Å². The minimum Gasteiger partial charge on any atom is -0.507 e. The van der Waals surface area contributed by atoms with Gasteiger partial charge >= 0.3 is 0 Å². The van der Waals surface area contributed by atoms with Gasteiger partial charge < -0.3 is 15.2 Å². The Kier molecular flexibility index (Phi) is 4.48. The first kappa shape index (κ1) is 14.2. The van der Waals surface area contributed by atoms with E-state index in [1.54, 1.807) is 26.0 Å². The van der Waals surface area contributed by atoms with Crippen LogP contribution in [0.15, 0.2) is 12.1 Å². The molecule has 98 valence electrons. The predicted molar refractivity (Wildman–Crippen MR) is 69.7 cm³/mol. The molecule has 0 aliphatic rings. The van der Waals surface area contributed by atoms with Gasteiger partial charge in [0.05, 0.1) is 6.04 Å². The SMILES string of the molecule is Cc1cc(C(=O)NC(C=O)C(C)C)cc(C)c1O. The average Bonchev–Trinajstić information content (AvgIpc) is 2.31. The molecule has 4 heteroatoms. The molecule has 0 fully saturated rings. The maximum Gasteiger partial charge on any atom is 0.251 e. The van der Waals surface area contributed by atoms with E-state index in [1.807, 2.05) is 13.8 Å². The van der Waals surface area contributed by atoms with E-state index in [1.165, 1.54) is 0 Å². The summed E-state index contributed by atoms with van der Waals surface area (Å²) in [6.07, 6.45) is 0.739. The molecule has 2 N–H and O–H groups in total. The molecular formula is C14H19NO3. The van der Waals surface area contributed by atoms with Gasteiger partial charge in [-0.25, -0.2) is 0 Å². The molecule has 1 aromatic carbocycles. The van der Waals surface area contributed by atoms with Crippen molar-refractivity contribution in [2.75, 3.05) is 0 Å². The number of aromatic hydroxyl groups is 1. The second-order valence-corrected chi connectivity index (χ2v) is 4.84. The molecule has 0 radical (unpaired) electrons. The Morgan fingerprint density at radius 2 is 1.78 bits per heavy atom. The maximum absolute atomic E-state index is 12.0. The molecule has 0 aromatic heterocycles. The van der Waals surface area contributed by atoms with E-state index < -0.39 is 6.04 Å². The third kappa shape index (κ3) is 3.09. The Morgan fingerprint density at radius 1 is 1.28 bits per heavy atom. The normalized spacial score (nSPS) is 12.3. The number of benzene rings is 1. The van der Waals surface area contributed by atoms with Gasteiger partial charge in [0.15, 0.2) is 0 Å². The van der Waals surface area contributed by atoms with Crippen molar-refractivity contribution in [3.05, 3.63) is 28.8 Å². The molecule has 0 heterocycles. The van der Waals surface area contributed by atoms with Crippen molar-refractivity contribution in [3.8, 4) is 5.75 Å². The second kappa shape index (κ2) is 5.67. The van der Waals surface area contributed by atoms with Gasteiger partial charge in [0.2, 0.25) is 0 Å². The molecule has 0 spiro atoms. The Hall–Kier alpha value is -1.84. The molecule has 0 saturated heterocycles. The van der Waals surface area contributed by atoms with E-state index in [-0.39, 0.29) is 17.6 Å². The quantitative estimate of drug-likeness (QED) is 0.802. The standard InChI is InChI=1S/C14H19NO3/c1-8(2)12(7-16)15-14(18)11-5-9(3)13(17)10(4)6-11/h5-8,12,17H,1-4H3,(H,15,18).